The number of halogens is 2. The van der Waals surface area contributed by atoms with Gasteiger partial charge in [0.1, 0.15) is 5.75 Å². The van der Waals surface area contributed by atoms with Crippen LogP contribution in [-0.2, 0) is 6.61 Å². The van der Waals surface area contributed by atoms with Gasteiger partial charge in [0.2, 0.25) is 0 Å². The van der Waals surface area contributed by atoms with Gasteiger partial charge in [0.25, 0.3) is 5.89 Å². The Labute approximate surface area is 117 Å². The molecule has 0 fully saturated rings. The fourth-order valence-corrected chi connectivity index (χ4v) is 2.16. The highest BCUT2D eigenvalue weighted by Crippen LogP contribution is 2.36. The number of benzene rings is 1. The van der Waals surface area contributed by atoms with E-state index in [1.807, 2.05) is 19.9 Å². The van der Waals surface area contributed by atoms with Gasteiger partial charge in [-0.05, 0) is 47.0 Å². The first kappa shape index (κ1) is 13.2. The average molecular weight is 333 g/mol. The highest BCUT2D eigenvalue weighted by Gasteiger charge is 2.12. The third kappa shape index (κ3) is 2.59. The van der Waals surface area contributed by atoms with Crippen LogP contribution in [-0.4, -0.2) is 10.2 Å². The molecule has 0 aliphatic carbocycles. The van der Waals surface area contributed by atoms with Gasteiger partial charge in [-0.2, -0.15) is 0 Å². The maximum Gasteiger partial charge on any atom is 0.312 e. The number of aromatic nitrogens is 2. The number of nitrogen functional groups attached to an aromatic ring is 1. The molecule has 96 valence electrons. The smallest absolute Gasteiger partial charge is 0.312 e. The molecule has 1 aromatic carbocycles. The summed E-state index contributed by atoms with van der Waals surface area (Å²) in [5, 5.41) is 7.98. The molecule has 0 bridgehead atoms. The molecule has 0 aliphatic heterocycles. The first-order chi connectivity index (χ1) is 8.49. The number of anilines is 1. The summed E-state index contributed by atoms with van der Waals surface area (Å²) in [4.78, 5) is 0. The summed E-state index contributed by atoms with van der Waals surface area (Å²) in [7, 11) is 0. The van der Waals surface area contributed by atoms with Gasteiger partial charge in [0, 0.05) is 5.02 Å². The van der Waals surface area contributed by atoms with Crippen molar-refractivity contribution in [3.05, 3.63) is 32.6 Å². The zero-order chi connectivity index (χ0) is 13.3. The van der Waals surface area contributed by atoms with Gasteiger partial charge >= 0.3 is 6.01 Å². The average Bonchev–Trinajstić information content (AvgIpc) is 2.75. The normalized spacial score (nSPS) is 10.7. The number of rotatable bonds is 3. The maximum atomic E-state index is 6.13. The van der Waals surface area contributed by atoms with Crippen LogP contribution < -0.4 is 10.5 Å². The Kier molecular flexibility index (Phi) is 3.77. The van der Waals surface area contributed by atoms with Crippen LogP contribution in [0.2, 0.25) is 5.02 Å². The summed E-state index contributed by atoms with van der Waals surface area (Å²) >= 11 is 9.58. The minimum absolute atomic E-state index is 0.0242. The van der Waals surface area contributed by atoms with Crippen LogP contribution in [0.25, 0.3) is 0 Å². The van der Waals surface area contributed by atoms with E-state index in [9.17, 15) is 0 Å². The van der Waals surface area contributed by atoms with Crippen molar-refractivity contribution in [2.24, 2.45) is 0 Å². The first-order valence-corrected chi connectivity index (χ1v) is 6.32. The second kappa shape index (κ2) is 5.16. The number of nitrogens with two attached hydrogens (primary N) is 1. The van der Waals surface area contributed by atoms with Crippen LogP contribution in [0, 0.1) is 13.8 Å². The number of aryl methyl sites for hydroxylation is 1. The van der Waals surface area contributed by atoms with E-state index in [1.165, 1.54) is 0 Å². The topological polar surface area (TPSA) is 74.2 Å². The predicted molar refractivity (Wildman–Crippen MR) is 71.7 cm³/mol. The fraction of sp³-hybridized carbons (Fsp3) is 0.273. The molecule has 1 aromatic heterocycles. The molecule has 2 N–H and O–H groups in total. The van der Waals surface area contributed by atoms with Crippen LogP contribution in [0.1, 0.15) is 17.0 Å². The maximum absolute atomic E-state index is 6.13. The van der Waals surface area contributed by atoms with Gasteiger partial charge in [-0.15, -0.1) is 5.10 Å². The van der Waals surface area contributed by atoms with Crippen molar-refractivity contribution in [3.8, 4) is 5.75 Å². The van der Waals surface area contributed by atoms with E-state index in [2.05, 4.69) is 26.1 Å². The molecule has 0 unspecified atom stereocenters. The molecule has 1 heterocycles. The molecular formula is C11H11BrClN3O2. The van der Waals surface area contributed by atoms with E-state index in [1.54, 1.807) is 0 Å². The van der Waals surface area contributed by atoms with Gasteiger partial charge in [-0.1, -0.05) is 16.7 Å². The van der Waals surface area contributed by atoms with E-state index < -0.39 is 0 Å². The zero-order valence-electron chi connectivity index (χ0n) is 9.83. The number of ether oxygens (including phenoxy) is 1. The van der Waals surface area contributed by atoms with Crippen molar-refractivity contribution in [2.75, 3.05) is 5.73 Å². The van der Waals surface area contributed by atoms with E-state index >= 15 is 0 Å². The van der Waals surface area contributed by atoms with Gasteiger partial charge in [-0.25, -0.2) is 0 Å². The van der Waals surface area contributed by atoms with Crippen LogP contribution in [0.4, 0.5) is 6.01 Å². The summed E-state index contributed by atoms with van der Waals surface area (Å²) in [6, 6.07) is 1.87. The molecule has 18 heavy (non-hydrogen) atoms. The van der Waals surface area contributed by atoms with Crippen molar-refractivity contribution in [2.45, 2.75) is 20.5 Å². The molecule has 0 atom stereocenters. The van der Waals surface area contributed by atoms with Crippen molar-refractivity contribution >= 4 is 33.5 Å². The van der Waals surface area contributed by atoms with Crippen molar-refractivity contribution in [1.29, 1.82) is 0 Å². The Morgan fingerprint density at radius 3 is 2.78 bits per heavy atom. The third-order valence-corrected chi connectivity index (χ3v) is 3.97. The summed E-state index contributed by atoms with van der Waals surface area (Å²) in [6.45, 7) is 3.99. The second-order valence-electron chi connectivity index (χ2n) is 3.77. The molecule has 0 spiro atoms. The van der Waals surface area contributed by atoms with Gasteiger partial charge < -0.3 is 14.9 Å². The zero-order valence-corrected chi connectivity index (χ0v) is 12.2. The van der Waals surface area contributed by atoms with Crippen LogP contribution in [0.5, 0.6) is 5.75 Å². The van der Waals surface area contributed by atoms with E-state index in [-0.39, 0.29) is 12.6 Å². The Morgan fingerprint density at radius 2 is 2.17 bits per heavy atom. The summed E-state index contributed by atoms with van der Waals surface area (Å²) in [5.41, 5.74) is 7.19. The molecular weight excluding hydrogens is 321 g/mol. The van der Waals surface area contributed by atoms with Crippen LogP contribution >= 0.6 is 27.5 Å². The molecule has 0 saturated carbocycles. The van der Waals surface area contributed by atoms with Gasteiger partial charge in [0.05, 0.1) is 4.47 Å². The largest absolute Gasteiger partial charge is 0.483 e. The summed E-state index contributed by atoms with van der Waals surface area (Å²) in [5.74, 6) is 0.996. The minimum Gasteiger partial charge on any atom is -0.483 e. The van der Waals surface area contributed by atoms with Crippen LogP contribution in [0.15, 0.2) is 15.0 Å². The van der Waals surface area contributed by atoms with Gasteiger partial charge in [-0.3, -0.25) is 0 Å². The van der Waals surface area contributed by atoms with E-state index in [0.29, 0.717) is 11.6 Å². The monoisotopic (exact) mass is 331 g/mol. The standard InChI is InChI=1S/C11H11BrClN3O2/c1-5-3-7(9(12)6(2)10(5)13)17-4-8-15-16-11(14)18-8/h3H,4H2,1-2H3,(H2,14,16). The summed E-state index contributed by atoms with van der Waals surface area (Å²) < 4.78 is 11.4. The first-order valence-electron chi connectivity index (χ1n) is 5.15. The Balaban J connectivity index is 2.19. The molecule has 5 nitrogen and oxygen atoms in total. The van der Waals surface area contributed by atoms with Crippen molar-refractivity contribution < 1.29 is 9.15 Å². The number of nitrogens with zero attached hydrogens (tertiary/aromatic N) is 2. The lowest BCUT2D eigenvalue weighted by molar-refractivity contribution is 0.263. The van der Waals surface area contributed by atoms with Crippen LogP contribution in [0.3, 0.4) is 0 Å². The van der Waals surface area contributed by atoms with Gasteiger partial charge in [0.15, 0.2) is 6.61 Å². The lowest BCUT2D eigenvalue weighted by Crippen LogP contribution is -1.98. The van der Waals surface area contributed by atoms with E-state index in [0.717, 1.165) is 20.6 Å². The third-order valence-electron chi connectivity index (χ3n) is 2.40. The summed E-state index contributed by atoms with van der Waals surface area (Å²) in [6.07, 6.45) is 0. The molecule has 2 aromatic rings. The van der Waals surface area contributed by atoms with Crippen molar-refractivity contribution in [3.63, 3.8) is 0 Å². The quantitative estimate of drug-likeness (QED) is 0.933. The molecule has 0 saturated heterocycles. The molecule has 0 aliphatic rings. The van der Waals surface area contributed by atoms with Crippen molar-refractivity contribution in [1.82, 2.24) is 10.2 Å². The fourth-order valence-electron chi connectivity index (χ4n) is 1.47. The molecule has 2 rings (SSSR count). The highest BCUT2D eigenvalue weighted by atomic mass is 79.9. The SMILES string of the molecule is Cc1cc(OCc2nnc(N)o2)c(Br)c(C)c1Cl. The Morgan fingerprint density at radius 1 is 1.44 bits per heavy atom. The molecule has 0 amide bonds. The molecule has 0 radical (unpaired) electrons. The minimum atomic E-state index is 0.0242. The lowest BCUT2D eigenvalue weighted by atomic mass is 10.1. The second-order valence-corrected chi connectivity index (χ2v) is 4.94. The number of hydrogen-bond donors (Lipinski definition) is 1. The lowest BCUT2D eigenvalue weighted by Gasteiger charge is -2.11. The predicted octanol–water partition coefficient (Wildman–Crippen LogP) is 3.26. The van der Waals surface area contributed by atoms with E-state index in [4.69, 9.17) is 26.5 Å². The highest BCUT2D eigenvalue weighted by molar-refractivity contribution is 9.10. The molecule has 7 heteroatoms. The Hall–Kier alpha value is -1.27. The Bertz CT molecular complexity index is 586. The number of hydrogen-bond acceptors (Lipinski definition) is 5.